The van der Waals surface area contributed by atoms with E-state index in [0.29, 0.717) is 23.2 Å². The van der Waals surface area contributed by atoms with Crippen molar-refractivity contribution in [3.8, 4) is 11.5 Å². The van der Waals surface area contributed by atoms with Crippen LogP contribution in [0.4, 0.5) is 5.69 Å². The zero-order valence-corrected chi connectivity index (χ0v) is 17.6. The quantitative estimate of drug-likeness (QED) is 0.721. The lowest BCUT2D eigenvalue weighted by Gasteiger charge is -2.33. The Kier molecular flexibility index (Phi) is 5.30. The molecule has 1 aliphatic heterocycles. The minimum atomic E-state index is -1.09. The number of nitrogens with one attached hydrogen (secondary N) is 1. The number of ether oxygens (including phenoxy) is 1. The largest absolute Gasteiger partial charge is 0.507 e. The lowest BCUT2D eigenvalue weighted by molar-refractivity contribution is -0.122. The molecule has 0 spiro atoms. The first-order chi connectivity index (χ1) is 13.5. The molecule has 0 fully saturated rings. The smallest absolute Gasteiger partial charge is 0.337 e. The summed E-state index contributed by atoms with van der Waals surface area (Å²) in [5.41, 5.74) is 5.08. The molecule has 0 aromatic heterocycles. The van der Waals surface area contributed by atoms with Crippen LogP contribution in [0.1, 0.15) is 50.7 Å². The standard InChI is InChI=1S/C23H27NO5/c1-10-7-11(2)19(18(8-10)23(27)28)24-22(26)17-9-16-14(5)20(25)12(3)13(4)21(16)29-15(17)6/h7-8,15,17,25H,9H2,1-6H3,(H,24,26)(H,27,28). The van der Waals surface area contributed by atoms with E-state index in [2.05, 4.69) is 5.32 Å². The number of amides is 1. The van der Waals surface area contributed by atoms with Crippen LogP contribution in [0.15, 0.2) is 12.1 Å². The first-order valence-corrected chi connectivity index (χ1v) is 9.66. The summed E-state index contributed by atoms with van der Waals surface area (Å²) in [6, 6.07) is 3.39. The van der Waals surface area contributed by atoms with Gasteiger partial charge in [0.1, 0.15) is 17.6 Å². The van der Waals surface area contributed by atoms with Gasteiger partial charge in [-0.2, -0.15) is 0 Å². The van der Waals surface area contributed by atoms with E-state index >= 15 is 0 Å². The van der Waals surface area contributed by atoms with Crippen LogP contribution in [0.5, 0.6) is 11.5 Å². The van der Waals surface area contributed by atoms with Crippen molar-refractivity contribution in [1.82, 2.24) is 0 Å². The molecule has 2 unspecified atom stereocenters. The van der Waals surface area contributed by atoms with Crippen LogP contribution < -0.4 is 10.1 Å². The van der Waals surface area contributed by atoms with E-state index in [1.54, 1.807) is 13.0 Å². The highest BCUT2D eigenvalue weighted by Crippen LogP contribution is 2.42. The summed E-state index contributed by atoms with van der Waals surface area (Å²) in [6.07, 6.45) is 0.0273. The minimum Gasteiger partial charge on any atom is -0.507 e. The highest BCUT2D eigenvalue weighted by Gasteiger charge is 2.36. The average Bonchev–Trinajstić information content (AvgIpc) is 2.65. The normalized spacial score (nSPS) is 18.0. The molecule has 0 saturated carbocycles. The van der Waals surface area contributed by atoms with Gasteiger partial charge in [-0.25, -0.2) is 4.79 Å². The maximum Gasteiger partial charge on any atom is 0.337 e. The number of aryl methyl sites for hydroxylation is 2. The molecule has 1 aliphatic rings. The Labute approximate surface area is 170 Å². The molecule has 0 aliphatic carbocycles. The number of carbonyl (C=O) groups is 2. The topological polar surface area (TPSA) is 95.9 Å². The Morgan fingerprint density at radius 2 is 1.72 bits per heavy atom. The molecule has 0 radical (unpaired) electrons. The summed E-state index contributed by atoms with van der Waals surface area (Å²) >= 11 is 0. The van der Waals surface area contributed by atoms with Crippen LogP contribution in [-0.4, -0.2) is 28.2 Å². The zero-order chi connectivity index (χ0) is 21.6. The molecule has 2 aromatic rings. The van der Waals surface area contributed by atoms with E-state index in [1.165, 1.54) is 0 Å². The first-order valence-electron chi connectivity index (χ1n) is 9.66. The molecule has 154 valence electrons. The maximum atomic E-state index is 13.1. The van der Waals surface area contributed by atoms with Crippen molar-refractivity contribution >= 4 is 17.6 Å². The number of carboxylic acids is 1. The fourth-order valence-electron chi connectivity index (χ4n) is 4.05. The number of hydrogen-bond donors (Lipinski definition) is 3. The molecular formula is C23H27NO5. The Morgan fingerprint density at radius 1 is 1.07 bits per heavy atom. The molecule has 1 heterocycles. The molecule has 6 heteroatoms. The monoisotopic (exact) mass is 397 g/mol. The summed E-state index contributed by atoms with van der Waals surface area (Å²) in [6.45, 7) is 11.0. The summed E-state index contributed by atoms with van der Waals surface area (Å²) in [5.74, 6) is -0.940. The first kappa shape index (κ1) is 20.7. The van der Waals surface area contributed by atoms with Gasteiger partial charge in [0.25, 0.3) is 0 Å². The fraction of sp³-hybridized carbons (Fsp3) is 0.391. The van der Waals surface area contributed by atoms with Crippen molar-refractivity contribution in [2.45, 2.75) is 54.1 Å². The molecule has 3 N–H and O–H groups in total. The van der Waals surface area contributed by atoms with E-state index < -0.39 is 11.9 Å². The van der Waals surface area contributed by atoms with E-state index in [4.69, 9.17) is 4.74 Å². The molecule has 6 nitrogen and oxygen atoms in total. The van der Waals surface area contributed by atoms with Crippen molar-refractivity contribution < 1.29 is 24.5 Å². The number of phenols is 1. The minimum absolute atomic E-state index is 0.0703. The van der Waals surface area contributed by atoms with Crippen LogP contribution in [0.25, 0.3) is 0 Å². The molecule has 0 saturated heterocycles. The van der Waals surface area contributed by atoms with Crippen molar-refractivity contribution in [1.29, 1.82) is 0 Å². The van der Waals surface area contributed by atoms with Crippen molar-refractivity contribution in [2.75, 3.05) is 5.32 Å². The summed E-state index contributed by atoms with van der Waals surface area (Å²) in [5, 5.41) is 22.8. The molecule has 2 atom stereocenters. The Bertz CT molecular complexity index is 1020. The summed E-state index contributed by atoms with van der Waals surface area (Å²) in [4.78, 5) is 24.8. The van der Waals surface area contributed by atoms with Crippen LogP contribution in [0.3, 0.4) is 0 Å². The van der Waals surface area contributed by atoms with Gasteiger partial charge in [-0.1, -0.05) is 6.07 Å². The zero-order valence-electron chi connectivity index (χ0n) is 17.6. The second kappa shape index (κ2) is 7.43. The molecule has 1 amide bonds. The van der Waals surface area contributed by atoms with Crippen LogP contribution in [-0.2, 0) is 11.2 Å². The lowest BCUT2D eigenvalue weighted by Crippen LogP contribution is -2.40. The molecule has 0 bridgehead atoms. The second-order valence-corrected chi connectivity index (χ2v) is 7.96. The number of carboxylic acid groups (broad SMARTS) is 1. The predicted octanol–water partition coefficient (Wildman–Crippen LogP) is 4.21. The van der Waals surface area contributed by atoms with Gasteiger partial charge in [-0.3, -0.25) is 4.79 Å². The summed E-state index contributed by atoms with van der Waals surface area (Å²) in [7, 11) is 0. The average molecular weight is 397 g/mol. The van der Waals surface area contributed by atoms with Crippen molar-refractivity contribution in [3.05, 3.63) is 51.1 Å². The number of aromatic carboxylic acids is 1. The van der Waals surface area contributed by atoms with E-state index in [0.717, 1.165) is 28.0 Å². The Morgan fingerprint density at radius 3 is 2.34 bits per heavy atom. The number of aromatic hydroxyl groups is 1. The SMILES string of the molecule is Cc1cc(C)c(NC(=O)C2Cc3c(C)c(O)c(C)c(C)c3OC2C)c(C(=O)O)c1. The third-order valence-corrected chi connectivity index (χ3v) is 5.93. The van der Waals surface area contributed by atoms with Gasteiger partial charge in [0.15, 0.2) is 0 Å². The van der Waals surface area contributed by atoms with Gasteiger partial charge in [0.2, 0.25) is 5.91 Å². The number of phenolic OH excluding ortho intramolecular Hbond substituents is 1. The second-order valence-electron chi connectivity index (χ2n) is 7.96. The van der Waals surface area contributed by atoms with E-state index in [1.807, 2.05) is 40.7 Å². The van der Waals surface area contributed by atoms with E-state index in [-0.39, 0.29) is 23.3 Å². The highest BCUT2D eigenvalue weighted by molar-refractivity contribution is 6.02. The lowest BCUT2D eigenvalue weighted by atomic mass is 9.85. The Hall–Kier alpha value is -3.02. The molecule has 3 rings (SSSR count). The van der Waals surface area contributed by atoms with Gasteiger partial charge in [0, 0.05) is 5.56 Å². The third kappa shape index (κ3) is 3.55. The summed E-state index contributed by atoms with van der Waals surface area (Å²) < 4.78 is 6.09. The number of benzene rings is 2. The number of fused-ring (bicyclic) bond motifs is 1. The van der Waals surface area contributed by atoms with Crippen molar-refractivity contribution in [2.24, 2.45) is 5.92 Å². The fourth-order valence-corrected chi connectivity index (χ4v) is 4.05. The maximum absolute atomic E-state index is 13.1. The highest BCUT2D eigenvalue weighted by atomic mass is 16.5. The van der Waals surface area contributed by atoms with Crippen molar-refractivity contribution in [3.63, 3.8) is 0 Å². The molecular weight excluding hydrogens is 370 g/mol. The molecule has 2 aromatic carbocycles. The number of anilines is 1. The van der Waals surface area contributed by atoms with Gasteiger partial charge in [-0.05, 0) is 81.8 Å². The van der Waals surface area contributed by atoms with Crippen LogP contribution in [0, 0.1) is 40.5 Å². The van der Waals surface area contributed by atoms with Gasteiger partial charge >= 0.3 is 5.97 Å². The predicted molar refractivity (Wildman–Crippen MR) is 111 cm³/mol. The van der Waals surface area contributed by atoms with Crippen LogP contribution >= 0.6 is 0 Å². The number of carbonyl (C=O) groups excluding carboxylic acids is 1. The van der Waals surface area contributed by atoms with E-state index in [9.17, 15) is 19.8 Å². The number of hydrogen-bond acceptors (Lipinski definition) is 4. The molecule has 29 heavy (non-hydrogen) atoms. The van der Waals surface area contributed by atoms with Gasteiger partial charge < -0.3 is 20.3 Å². The van der Waals surface area contributed by atoms with Gasteiger partial charge in [-0.15, -0.1) is 0 Å². The number of rotatable bonds is 3. The van der Waals surface area contributed by atoms with Gasteiger partial charge in [0.05, 0.1) is 17.2 Å². The Balaban J connectivity index is 1.96. The third-order valence-electron chi connectivity index (χ3n) is 5.93. The van der Waals surface area contributed by atoms with Crippen LogP contribution in [0.2, 0.25) is 0 Å².